The Balaban J connectivity index is 1.44. The van der Waals surface area contributed by atoms with Crippen LogP contribution in [-0.4, -0.2) is 49.3 Å². The highest BCUT2D eigenvalue weighted by Gasteiger charge is 2.29. The van der Waals surface area contributed by atoms with Crippen LogP contribution in [0, 0.1) is 13.8 Å². The molecule has 1 saturated heterocycles. The summed E-state index contributed by atoms with van der Waals surface area (Å²) in [7, 11) is 0. The van der Waals surface area contributed by atoms with Crippen LogP contribution in [0.4, 0.5) is 0 Å². The summed E-state index contributed by atoms with van der Waals surface area (Å²) >= 11 is 0. The summed E-state index contributed by atoms with van der Waals surface area (Å²) in [6.45, 7) is 9.05. The summed E-state index contributed by atoms with van der Waals surface area (Å²) in [5.41, 5.74) is 5.21. The summed E-state index contributed by atoms with van der Waals surface area (Å²) in [6.07, 6.45) is 3.91. The van der Waals surface area contributed by atoms with Crippen LogP contribution in [0.3, 0.4) is 0 Å². The van der Waals surface area contributed by atoms with Gasteiger partial charge in [0.25, 0.3) is 5.56 Å². The average Bonchev–Trinajstić information content (AvgIpc) is 3.58. The van der Waals surface area contributed by atoms with E-state index >= 15 is 0 Å². The van der Waals surface area contributed by atoms with Crippen molar-refractivity contribution in [3.8, 4) is 0 Å². The van der Waals surface area contributed by atoms with Crippen LogP contribution in [0.5, 0.6) is 0 Å². The van der Waals surface area contributed by atoms with Gasteiger partial charge in [0.15, 0.2) is 5.82 Å². The number of ether oxygens (including phenoxy) is 1. The number of benzene rings is 2. The molecular weight excluding hydrogens is 464 g/mol. The van der Waals surface area contributed by atoms with E-state index < -0.39 is 0 Å². The Morgan fingerprint density at radius 2 is 1.97 bits per heavy atom. The number of nitrogens with one attached hydrogen (secondary N) is 1. The number of aromatic amines is 1. The molecule has 0 saturated carbocycles. The van der Waals surface area contributed by atoms with Crippen molar-refractivity contribution in [3.63, 3.8) is 0 Å². The lowest BCUT2D eigenvalue weighted by Crippen LogP contribution is -2.37. The number of hydrogen-bond donors (Lipinski definition) is 1. The number of aromatic nitrogens is 5. The fourth-order valence-corrected chi connectivity index (χ4v) is 5.30. The molecule has 0 spiro atoms. The van der Waals surface area contributed by atoms with Crippen molar-refractivity contribution < 1.29 is 4.74 Å². The van der Waals surface area contributed by atoms with Gasteiger partial charge in [0.2, 0.25) is 0 Å². The van der Waals surface area contributed by atoms with Gasteiger partial charge in [-0.3, -0.25) is 9.69 Å². The molecule has 37 heavy (non-hydrogen) atoms. The smallest absolute Gasteiger partial charge is 0.252 e. The maximum atomic E-state index is 13.2. The van der Waals surface area contributed by atoms with Crippen LogP contribution in [0.2, 0.25) is 0 Å². The van der Waals surface area contributed by atoms with Gasteiger partial charge in [0.1, 0.15) is 0 Å². The van der Waals surface area contributed by atoms with Gasteiger partial charge in [-0.1, -0.05) is 37.3 Å². The highest BCUT2D eigenvalue weighted by Crippen LogP contribution is 2.27. The van der Waals surface area contributed by atoms with Gasteiger partial charge in [-0.25, -0.2) is 4.68 Å². The Morgan fingerprint density at radius 3 is 2.73 bits per heavy atom. The lowest BCUT2D eigenvalue weighted by molar-refractivity contribution is 0.0488. The molecule has 4 aromatic rings. The molecule has 1 aliphatic rings. The van der Waals surface area contributed by atoms with Gasteiger partial charge in [-0.15, -0.1) is 5.10 Å². The molecule has 0 unspecified atom stereocenters. The number of nitrogens with zero attached hydrogens (tertiary/aromatic N) is 5. The number of hydrogen-bond acceptors (Lipinski definition) is 6. The largest absolute Gasteiger partial charge is 0.377 e. The number of pyridine rings is 1. The van der Waals surface area contributed by atoms with E-state index in [4.69, 9.17) is 4.74 Å². The SMILES string of the molecule is CC[C@@H](c1nnnn1CCc1ccccc1)N(Cc1cc2cc(C)c(C)cc2[nH]c1=O)C[C@H]1CCCO1. The Bertz CT molecular complexity index is 1390. The van der Waals surface area contributed by atoms with Crippen molar-refractivity contribution in [2.75, 3.05) is 13.2 Å². The minimum Gasteiger partial charge on any atom is -0.377 e. The van der Waals surface area contributed by atoms with Gasteiger partial charge in [0, 0.05) is 37.3 Å². The predicted octanol–water partition coefficient (Wildman–Crippen LogP) is 4.51. The average molecular weight is 501 g/mol. The number of rotatable bonds is 10. The maximum absolute atomic E-state index is 13.2. The van der Waals surface area contributed by atoms with Crippen molar-refractivity contribution in [3.05, 3.63) is 87.0 Å². The van der Waals surface area contributed by atoms with Crippen molar-refractivity contribution in [1.82, 2.24) is 30.1 Å². The van der Waals surface area contributed by atoms with E-state index in [1.165, 1.54) is 16.7 Å². The molecule has 2 aromatic carbocycles. The first-order valence-corrected chi connectivity index (χ1v) is 13.3. The molecule has 0 amide bonds. The normalized spacial score (nSPS) is 16.6. The maximum Gasteiger partial charge on any atom is 0.252 e. The van der Waals surface area contributed by atoms with Crippen molar-refractivity contribution in [2.45, 2.75) is 71.7 Å². The Hall–Kier alpha value is -3.36. The van der Waals surface area contributed by atoms with E-state index in [1.54, 1.807) is 0 Å². The van der Waals surface area contributed by atoms with Gasteiger partial charge in [-0.2, -0.15) is 0 Å². The molecule has 1 fully saturated rings. The first-order valence-electron chi connectivity index (χ1n) is 13.3. The van der Waals surface area contributed by atoms with E-state index in [-0.39, 0.29) is 17.7 Å². The molecule has 194 valence electrons. The van der Waals surface area contributed by atoms with Gasteiger partial charge in [-0.05, 0) is 90.2 Å². The zero-order valence-electron chi connectivity index (χ0n) is 22.0. The van der Waals surface area contributed by atoms with Crippen LogP contribution in [0.15, 0.2) is 53.3 Å². The quantitative estimate of drug-likeness (QED) is 0.345. The van der Waals surface area contributed by atoms with Crippen molar-refractivity contribution >= 4 is 10.9 Å². The molecule has 0 radical (unpaired) electrons. The topological polar surface area (TPSA) is 88.9 Å². The molecule has 8 nitrogen and oxygen atoms in total. The fourth-order valence-electron chi connectivity index (χ4n) is 5.30. The highest BCUT2D eigenvalue weighted by molar-refractivity contribution is 5.80. The minimum absolute atomic E-state index is 0.0372. The van der Waals surface area contributed by atoms with E-state index in [2.05, 4.69) is 82.6 Å². The molecule has 1 N–H and O–H groups in total. The summed E-state index contributed by atoms with van der Waals surface area (Å²) in [5.74, 6) is 0.833. The Kier molecular flexibility index (Phi) is 7.76. The molecular formula is C29H36N6O2. The predicted molar refractivity (Wildman–Crippen MR) is 144 cm³/mol. The monoisotopic (exact) mass is 500 g/mol. The minimum atomic E-state index is -0.0494. The summed E-state index contributed by atoms with van der Waals surface area (Å²) in [6, 6.07) is 16.6. The van der Waals surface area contributed by atoms with E-state index in [9.17, 15) is 4.79 Å². The number of fused-ring (bicyclic) bond motifs is 1. The molecule has 3 heterocycles. The number of H-pyrrole nitrogens is 1. The van der Waals surface area contributed by atoms with E-state index in [1.807, 2.05) is 16.8 Å². The molecule has 5 rings (SSSR count). The fraction of sp³-hybridized carbons (Fsp3) is 0.448. The second-order valence-corrected chi connectivity index (χ2v) is 10.1. The third-order valence-electron chi connectivity index (χ3n) is 7.51. The third-order valence-corrected chi connectivity index (χ3v) is 7.51. The zero-order chi connectivity index (χ0) is 25.8. The molecule has 1 aliphatic heterocycles. The van der Waals surface area contributed by atoms with Crippen LogP contribution in [0.25, 0.3) is 10.9 Å². The summed E-state index contributed by atoms with van der Waals surface area (Å²) in [5, 5.41) is 13.9. The van der Waals surface area contributed by atoms with Gasteiger partial charge < -0.3 is 9.72 Å². The van der Waals surface area contributed by atoms with Crippen LogP contribution in [0.1, 0.15) is 60.3 Å². The highest BCUT2D eigenvalue weighted by atomic mass is 16.5. The van der Waals surface area contributed by atoms with Crippen molar-refractivity contribution in [1.29, 1.82) is 0 Å². The summed E-state index contributed by atoms with van der Waals surface area (Å²) in [4.78, 5) is 18.6. The summed E-state index contributed by atoms with van der Waals surface area (Å²) < 4.78 is 7.93. The Labute approximate surface area is 217 Å². The zero-order valence-corrected chi connectivity index (χ0v) is 22.0. The van der Waals surface area contributed by atoms with Crippen LogP contribution in [-0.2, 0) is 24.2 Å². The molecule has 2 aromatic heterocycles. The third kappa shape index (κ3) is 5.81. The van der Waals surface area contributed by atoms with Crippen LogP contribution >= 0.6 is 0 Å². The van der Waals surface area contributed by atoms with Crippen LogP contribution < -0.4 is 5.56 Å². The van der Waals surface area contributed by atoms with Crippen molar-refractivity contribution in [2.24, 2.45) is 0 Å². The standard InChI is InChI=1S/C29H36N6O2/c1-4-27(28-31-32-33-35(28)13-12-22-9-6-5-7-10-22)34(19-25-11-8-14-37-25)18-24-17-23-15-20(2)21(3)16-26(23)30-29(24)36/h5-7,9-10,15-17,25,27H,4,8,11-14,18-19H2,1-3H3,(H,30,36)/t25-,27+/m1/s1. The number of aryl methyl sites for hydroxylation is 4. The lowest BCUT2D eigenvalue weighted by atomic mass is 10.0. The second-order valence-electron chi connectivity index (χ2n) is 10.1. The molecule has 2 atom stereocenters. The lowest BCUT2D eigenvalue weighted by Gasteiger charge is -2.32. The first-order chi connectivity index (χ1) is 18.0. The second kappa shape index (κ2) is 11.4. The number of tetrazole rings is 1. The van der Waals surface area contributed by atoms with E-state index in [0.29, 0.717) is 13.1 Å². The van der Waals surface area contributed by atoms with Gasteiger partial charge >= 0.3 is 0 Å². The molecule has 0 aliphatic carbocycles. The molecule has 8 heteroatoms. The van der Waals surface area contributed by atoms with Gasteiger partial charge in [0.05, 0.1) is 12.1 Å². The first kappa shape index (κ1) is 25.3. The van der Waals surface area contributed by atoms with E-state index in [0.717, 1.165) is 61.1 Å². The Morgan fingerprint density at radius 1 is 1.16 bits per heavy atom. The molecule has 0 bridgehead atoms.